The lowest BCUT2D eigenvalue weighted by atomic mass is 10.4. The summed E-state index contributed by atoms with van der Waals surface area (Å²) in [7, 11) is 0. The van der Waals surface area contributed by atoms with Crippen LogP contribution in [0.15, 0.2) is 14.4 Å². The molecule has 0 aromatic carbocycles. The van der Waals surface area contributed by atoms with E-state index in [2.05, 4.69) is 14.9 Å². The number of hydrogen-bond donors (Lipinski definition) is 2. The fourth-order valence-corrected chi connectivity index (χ4v) is 1.65. The van der Waals surface area contributed by atoms with Crippen molar-refractivity contribution in [2.45, 2.75) is 19.9 Å². The Morgan fingerprint density at radius 2 is 2.00 bits per heavy atom. The van der Waals surface area contributed by atoms with E-state index < -0.39 is 16.9 Å². The zero-order valence-electron chi connectivity index (χ0n) is 8.98. The van der Waals surface area contributed by atoms with Gasteiger partial charge in [0.2, 0.25) is 0 Å². The summed E-state index contributed by atoms with van der Waals surface area (Å²) in [5.74, 6) is 0. The monoisotopic (exact) mass is 235 g/mol. The number of H-pyrrole nitrogens is 2. The average Bonchev–Trinajstić information content (AvgIpc) is 2.67. The molecular formula is C9H9N5O3. The van der Waals surface area contributed by atoms with Gasteiger partial charge in [-0.1, -0.05) is 6.92 Å². The largest absolute Gasteiger partial charge is 0.401 e. The number of imidazole rings is 1. The molecule has 0 spiro atoms. The van der Waals surface area contributed by atoms with Crippen LogP contribution in [0, 0.1) is 6.57 Å². The number of aryl methyl sites for hydroxylation is 1. The van der Waals surface area contributed by atoms with E-state index in [1.807, 2.05) is 6.92 Å². The Hall–Kier alpha value is -2.56. The first-order valence-electron chi connectivity index (χ1n) is 4.95. The second-order valence-corrected chi connectivity index (χ2v) is 3.45. The molecule has 2 heterocycles. The van der Waals surface area contributed by atoms with E-state index in [-0.39, 0.29) is 11.2 Å². The highest BCUT2D eigenvalue weighted by molar-refractivity contribution is 5.68. The standard InChI is InChI=1S/C9H9N5O3/c1-3-4-13-6-5(11-8(16)12-6)7(15)14(10-2)9(13)17/h3-4H2,1H3,(H2,11,12,16). The van der Waals surface area contributed by atoms with Crippen molar-refractivity contribution < 1.29 is 0 Å². The minimum absolute atomic E-state index is 0.0564. The first kappa shape index (κ1) is 10.9. The zero-order chi connectivity index (χ0) is 12.6. The van der Waals surface area contributed by atoms with Crippen LogP contribution in [0.2, 0.25) is 0 Å². The first-order valence-corrected chi connectivity index (χ1v) is 4.95. The summed E-state index contributed by atoms with van der Waals surface area (Å²) >= 11 is 0. The molecule has 0 saturated heterocycles. The molecule has 2 aromatic rings. The van der Waals surface area contributed by atoms with Gasteiger partial charge in [0, 0.05) is 6.54 Å². The molecule has 0 aliphatic carbocycles. The van der Waals surface area contributed by atoms with Crippen molar-refractivity contribution >= 4 is 11.2 Å². The van der Waals surface area contributed by atoms with Gasteiger partial charge in [-0.3, -0.25) is 19.3 Å². The fraction of sp³-hybridized carbons (Fsp3) is 0.333. The SMILES string of the molecule is [C-]#[N+]n1c(=O)c2[nH]c(=O)[nH]c2n(CCC)c1=O. The van der Waals surface area contributed by atoms with Crippen LogP contribution < -0.4 is 16.9 Å². The third-order valence-corrected chi connectivity index (χ3v) is 2.34. The van der Waals surface area contributed by atoms with E-state index in [0.717, 1.165) is 0 Å². The maximum atomic E-state index is 11.8. The van der Waals surface area contributed by atoms with Crippen molar-refractivity contribution in [3.63, 3.8) is 0 Å². The molecule has 0 radical (unpaired) electrons. The molecule has 0 aliphatic rings. The van der Waals surface area contributed by atoms with Gasteiger partial charge in [0.1, 0.15) is 5.65 Å². The topological polar surface area (TPSA) is 97.0 Å². The second kappa shape index (κ2) is 3.79. The molecule has 2 N–H and O–H groups in total. The summed E-state index contributed by atoms with van der Waals surface area (Å²) in [6.45, 7) is 8.97. The molecule has 0 fully saturated rings. The van der Waals surface area contributed by atoms with Crippen LogP contribution in [0.25, 0.3) is 16.1 Å². The number of hydrogen-bond acceptors (Lipinski definition) is 3. The van der Waals surface area contributed by atoms with Gasteiger partial charge in [0.25, 0.3) is 0 Å². The van der Waals surface area contributed by atoms with Gasteiger partial charge in [0.15, 0.2) is 5.52 Å². The van der Waals surface area contributed by atoms with E-state index in [0.29, 0.717) is 17.6 Å². The van der Waals surface area contributed by atoms with Crippen LogP contribution in [0.3, 0.4) is 0 Å². The number of nitrogens with one attached hydrogen (secondary N) is 2. The van der Waals surface area contributed by atoms with Crippen molar-refractivity contribution in [1.29, 1.82) is 0 Å². The van der Waals surface area contributed by atoms with Gasteiger partial charge in [-0.25, -0.2) is 9.59 Å². The predicted molar refractivity (Wildman–Crippen MR) is 59.7 cm³/mol. The molecule has 88 valence electrons. The number of fused-ring (bicyclic) bond motifs is 1. The molecule has 0 aliphatic heterocycles. The molecule has 2 aromatic heterocycles. The highest BCUT2D eigenvalue weighted by atomic mass is 16.2. The third kappa shape index (κ3) is 1.48. The molecule has 8 heteroatoms. The van der Waals surface area contributed by atoms with Gasteiger partial charge in [-0.15, -0.1) is 4.95 Å². The van der Waals surface area contributed by atoms with Gasteiger partial charge in [-0.2, -0.15) is 6.57 Å². The highest BCUT2D eigenvalue weighted by Crippen LogP contribution is 1.99. The van der Waals surface area contributed by atoms with Gasteiger partial charge in [-0.05, 0) is 6.42 Å². The Morgan fingerprint density at radius 1 is 1.29 bits per heavy atom. The van der Waals surface area contributed by atoms with Crippen LogP contribution in [-0.4, -0.2) is 19.2 Å². The highest BCUT2D eigenvalue weighted by Gasteiger charge is 2.17. The number of aromatic amines is 2. The minimum Gasteiger partial charge on any atom is -0.300 e. The molecule has 0 unspecified atom stereocenters. The number of rotatable bonds is 2. The molecule has 0 bridgehead atoms. The maximum Gasteiger partial charge on any atom is 0.401 e. The van der Waals surface area contributed by atoms with Crippen LogP contribution in [-0.2, 0) is 6.54 Å². The summed E-state index contributed by atoms with van der Waals surface area (Å²) in [6, 6.07) is 0. The van der Waals surface area contributed by atoms with Crippen molar-refractivity contribution in [2.24, 2.45) is 0 Å². The molecule has 2 rings (SSSR count). The Bertz CT molecular complexity index is 782. The Labute approximate surface area is 93.9 Å². The van der Waals surface area contributed by atoms with Gasteiger partial charge in [0.05, 0.1) is 4.68 Å². The van der Waals surface area contributed by atoms with Crippen LogP contribution in [0.4, 0.5) is 0 Å². The zero-order valence-corrected chi connectivity index (χ0v) is 8.98. The molecular weight excluding hydrogens is 226 g/mol. The Kier molecular flexibility index (Phi) is 2.44. The van der Waals surface area contributed by atoms with Crippen molar-refractivity contribution in [3.8, 4) is 0 Å². The van der Waals surface area contributed by atoms with Gasteiger partial charge >= 0.3 is 16.9 Å². The lowest BCUT2D eigenvalue weighted by Gasteiger charge is -2.03. The summed E-state index contributed by atoms with van der Waals surface area (Å²) < 4.78 is 1.61. The van der Waals surface area contributed by atoms with E-state index in [1.54, 1.807) is 0 Å². The van der Waals surface area contributed by atoms with E-state index in [9.17, 15) is 14.4 Å². The van der Waals surface area contributed by atoms with Crippen molar-refractivity contribution in [3.05, 3.63) is 42.8 Å². The Morgan fingerprint density at radius 3 is 2.59 bits per heavy atom. The first-order chi connectivity index (χ1) is 8.10. The summed E-state index contributed by atoms with van der Waals surface area (Å²) in [6.07, 6.45) is 0.637. The summed E-state index contributed by atoms with van der Waals surface area (Å²) in [5, 5.41) is 0. The lowest BCUT2D eigenvalue weighted by Crippen LogP contribution is -2.37. The smallest absolute Gasteiger partial charge is 0.300 e. The lowest BCUT2D eigenvalue weighted by molar-refractivity contribution is 0.630. The van der Waals surface area contributed by atoms with E-state index in [4.69, 9.17) is 6.57 Å². The number of nitrogens with zero attached hydrogens (tertiary/aromatic N) is 3. The average molecular weight is 235 g/mol. The van der Waals surface area contributed by atoms with Crippen molar-refractivity contribution in [2.75, 3.05) is 0 Å². The van der Waals surface area contributed by atoms with E-state index >= 15 is 0 Å². The van der Waals surface area contributed by atoms with Gasteiger partial charge < -0.3 is 0 Å². The molecule has 0 amide bonds. The fourth-order valence-electron chi connectivity index (χ4n) is 1.65. The van der Waals surface area contributed by atoms with E-state index in [1.165, 1.54) is 4.57 Å². The summed E-state index contributed by atoms with van der Waals surface area (Å²) in [5.41, 5.74) is -2.06. The van der Waals surface area contributed by atoms with Crippen LogP contribution in [0.1, 0.15) is 13.3 Å². The van der Waals surface area contributed by atoms with Crippen molar-refractivity contribution in [1.82, 2.24) is 19.2 Å². The Balaban J connectivity index is 3.07. The van der Waals surface area contributed by atoms with Crippen LogP contribution in [0.5, 0.6) is 0 Å². The molecule has 17 heavy (non-hydrogen) atoms. The molecule has 0 saturated carbocycles. The number of aromatic nitrogens is 4. The maximum absolute atomic E-state index is 11.8. The second-order valence-electron chi connectivity index (χ2n) is 3.45. The molecule has 8 nitrogen and oxygen atoms in total. The normalized spacial score (nSPS) is 10.6. The third-order valence-electron chi connectivity index (χ3n) is 2.34. The minimum atomic E-state index is -0.814. The quantitative estimate of drug-likeness (QED) is 0.671. The predicted octanol–water partition coefficient (Wildman–Crippen LogP) is -0.728. The van der Waals surface area contributed by atoms with Crippen LogP contribution >= 0.6 is 0 Å². The summed E-state index contributed by atoms with van der Waals surface area (Å²) in [4.78, 5) is 42.2. The molecule has 0 atom stereocenters.